The van der Waals surface area contributed by atoms with E-state index in [1.807, 2.05) is 6.92 Å². The normalized spacial score (nSPS) is 30.8. The molecule has 0 saturated heterocycles. The number of hydrogen-bond acceptors (Lipinski definition) is 4. The maximum atomic E-state index is 13.8. The van der Waals surface area contributed by atoms with Crippen molar-refractivity contribution < 1.29 is 14.3 Å². The predicted molar refractivity (Wildman–Crippen MR) is 126 cm³/mol. The van der Waals surface area contributed by atoms with Crippen LogP contribution in [0.5, 0.6) is 0 Å². The second kappa shape index (κ2) is 8.31. The number of fused-ring (bicyclic) bond motifs is 3. The van der Waals surface area contributed by atoms with Gasteiger partial charge in [0.25, 0.3) is 5.91 Å². The lowest BCUT2D eigenvalue weighted by molar-refractivity contribution is 0.0728. The molecule has 7 heteroatoms. The van der Waals surface area contributed by atoms with Crippen LogP contribution in [0, 0.1) is 16.7 Å². The van der Waals surface area contributed by atoms with Gasteiger partial charge in [0.1, 0.15) is 0 Å². The molecule has 4 aliphatic rings. The molecule has 7 nitrogen and oxygen atoms in total. The Bertz CT molecular complexity index is 927. The monoisotopic (exact) mass is 456 g/mol. The Morgan fingerprint density at radius 2 is 1.91 bits per heavy atom. The van der Waals surface area contributed by atoms with E-state index in [1.54, 1.807) is 4.90 Å². The lowest BCUT2D eigenvalue weighted by Crippen LogP contribution is -2.52. The number of hydrogen-bond donors (Lipinski definition) is 1. The molecule has 3 atom stereocenters. The van der Waals surface area contributed by atoms with Crippen molar-refractivity contribution in [1.29, 1.82) is 0 Å². The fourth-order valence-corrected chi connectivity index (χ4v) is 7.49. The van der Waals surface area contributed by atoms with Gasteiger partial charge in [0.2, 0.25) is 0 Å². The van der Waals surface area contributed by atoms with Crippen LogP contribution in [0.2, 0.25) is 0 Å². The van der Waals surface area contributed by atoms with E-state index >= 15 is 0 Å². The molecule has 2 amide bonds. The van der Waals surface area contributed by atoms with Gasteiger partial charge in [-0.2, -0.15) is 5.10 Å². The summed E-state index contributed by atoms with van der Waals surface area (Å²) in [7, 11) is 0. The molecule has 1 N–H and O–H groups in total. The first kappa shape index (κ1) is 22.7. The summed E-state index contributed by atoms with van der Waals surface area (Å²) in [4.78, 5) is 27.9. The number of rotatable bonds is 4. The highest BCUT2D eigenvalue weighted by Crippen LogP contribution is 2.62. The largest absolute Gasteiger partial charge is 0.450 e. The molecule has 3 fully saturated rings. The lowest BCUT2D eigenvalue weighted by atomic mass is 9.68. The molecule has 3 aliphatic carbocycles. The zero-order valence-corrected chi connectivity index (χ0v) is 20.8. The van der Waals surface area contributed by atoms with Crippen molar-refractivity contribution in [2.75, 3.05) is 13.2 Å². The molecule has 2 heterocycles. The van der Waals surface area contributed by atoms with E-state index in [9.17, 15) is 9.59 Å². The van der Waals surface area contributed by atoms with Gasteiger partial charge in [0.05, 0.1) is 19.2 Å². The average molecular weight is 457 g/mol. The SMILES string of the molecule is CCOC(=O)N1CCc2c(c(C(=O)NC3C4(C)CCC(C4)C3(C)C)nn2C2CCCCC2)C1. The average Bonchev–Trinajstić information content (AvgIpc) is 3.44. The van der Waals surface area contributed by atoms with Crippen LogP contribution < -0.4 is 5.32 Å². The molecule has 1 aromatic rings. The fraction of sp³-hybridized carbons (Fsp3) is 0.808. The molecular weight excluding hydrogens is 416 g/mol. The van der Waals surface area contributed by atoms with Crippen LogP contribution in [0.25, 0.3) is 0 Å². The topological polar surface area (TPSA) is 76.5 Å². The number of carbonyl (C=O) groups is 2. The van der Waals surface area contributed by atoms with E-state index in [-0.39, 0.29) is 28.9 Å². The standard InChI is InChI=1S/C26H40N4O3/c1-5-33-24(32)29-14-12-20-19(16-29)21(28-30(20)18-9-7-6-8-10-18)22(31)27-23-25(2,3)17-11-13-26(23,4)15-17/h17-18,23H,5-16H2,1-4H3,(H,27,31). The molecule has 0 radical (unpaired) electrons. The summed E-state index contributed by atoms with van der Waals surface area (Å²) < 4.78 is 7.41. The maximum Gasteiger partial charge on any atom is 0.410 e. The second-order valence-corrected chi connectivity index (χ2v) is 11.7. The third-order valence-corrected chi connectivity index (χ3v) is 9.29. The smallest absolute Gasteiger partial charge is 0.410 e. The van der Waals surface area contributed by atoms with E-state index in [2.05, 4.69) is 30.8 Å². The zero-order chi connectivity index (χ0) is 23.4. The van der Waals surface area contributed by atoms with Crippen LogP contribution in [0.4, 0.5) is 4.79 Å². The van der Waals surface area contributed by atoms with E-state index in [1.165, 1.54) is 38.5 Å². The molecule has 1 aromatic heterocycles. The number of carbonyl (C=O) groups excluding carboxylic acids is 2. The Morgan fingerprint density at radius 3 is 2.58 bits per heavy atom. The van der Waals surface area contributed by atoms with Crippen LogP contribution in [-0.2, 0) is 17.7 Å². The fourth-order valence-electron chi connectivity index (χ4n) is 7.49. The van der Waals surface area contributed by atoms with Crippen molar-refractivity contribution in [3.8, 4) is 0 Å². The minimum Gasteiger partial charge on any atom is -0.450 e. The highest BCUT2D eigenvalue weighted by atomic mass is 16.6. The first-order valence-electron chi connectivity index (χ1n) is 13.1. The molecular formula is C26H40N4O3. The third kappa shape index (κ3) is 3.75. The minimum absolute atomic E-state index is 0.0710. The van der Waals surface area contributed by atoms with Crippen molar-refractivity contribution in [3.05, 3.63) is 17.0 Å². The Balaban J connectivity index is 1.45. The Kier molecular flexibility index (Phi) is 5.73. The van der Waals surface area contributed by atoms with Gasteiger partial charge in [-0.1, -0.05) is 40.0 Å². The van der Waals surface area contributed by atoms with E-state index in [0.717, 1.165) is 30.5 Å². The van der Waals surface area contributed by atoms with Gasteiger partial charge in [0, 0.05) is 30.3 Å². The summed E-state index contributed by atoms with van der Waals surface area (Å²) in [6.07, 6.45) is 9.99. The highest BCUT2D eigenvalue weighted by molar-refractivity contribution is 5.94. The van der Waals surface area contributed by atoms with E-state index < -0.39 is 0 Å². The summed E-state index contributed by atoms with van der Waals surface area (Å²) >= 11 is 0. The van der Waals surface area contributed by atoms with Crippen molar-refractivity contribution in [3.63, 3.8) is 0 Å². The summed E-state index contributed by atoms with van der Waals surface area (Å²) in [5.41, 5.74) is 2.83. The van der Waals surface area contributed by atoms with Crippen molar-refractivity contribution in [1.82, 2.24) is 20.0 Å². The van der Waals surface area contributed by atoms with Crippen LogP contribution in [0.15, 0.2) is 0 Å². The summed E-state index contributed by atoms with van der Waals surface area (Å²) in [5.74, 6) is 0.596. The molecule has 3 unspecified atom stereocenters. The third-order valence-electron chi connectivity index (χ3n) is 9.29. The molecule has 5 rings (SSSR count). The van der Waals surface area contributed by atoms with Gasteiger partial charge in [-0.25, -0.2) is 4.79 Å². The Hall–Kier alpha value is -2.05. The summed E-state index contributed by atoms with van der Waals surface area (Å²) in [6, 6.07) is 0.510. The first-order valence-corrected chi connectivity index (χ1v) is 13.1. The summed E-state index contributed by atoms with van der Waals surface area (Å²) in [5, 5.41) is 8.40. The van der Waals surface area contributed by atoms with E-state index in [4.69, 9.17) is 9.84 Å². The number of aromatic nitrogens is 2. The molecule has 3 saturated carbocycles. The molecule has 2 bridgehead atoms. The zero-order valence-electron chi connectivity index (χ0n) is 20.8. The number of nitrogens with zero attached hydrogens (tertiary/aromatic N) is 3. The molecule has 0 aromatic carbocycles. The van der Waals surface area contributed by atoms with Crippen LogP contribution in [0.1, 0.15) is 107 Å². The maximum absolute atomic E-state index is 13.8. The van der Waals surface area contributed by atoms with Gasteiger partial charge in [-0.05, 0) is 55.8 Å². The van der Waals surface area contributed by atoms with E-state index in [0.29, 0.717) is 37.4 Å². The number of ether oxygens (including phenoxy) is 1. The predicted octanol–water partition coefficient (Wildman–Crippen LogP) is 4.85. The molecule has 182 valence electrons. The van der Waals surface area contributed by atoms with Crippen LogP contribution in [-0.4, -0.2) is 45.9 Å². The number of nitrogens with one attached hydrogen (secondary N) is 1. The summed E-state index contributed by atoms with van der Waals surface area (Å²) in [6.45, 7) is 10.2. The first-order chi connectivity index (χ1) is 15.7. The molecule has 0 spiro atoms. The van der Waals surface area contributed by atoms with Gasteiger partial charge in [-0.15, -0.1) is 0 Å². The highest BCUT2D eigenvalue weighted by Gasteiger charge is 2.59. The number of amides is 2. The molecule has 1 aliphatic heterocycles. The minimum atomic E-state index is -0.304. The van der Waals surface area contributed by atoms with Crippen LogP contribution >= 0.6 is 0 Å². The lowest BCUT2D eigenvalue weighted by Gasteiger charge is -2.43. The van der Waals surface area contributed by atoms with Crippen molar-refractivity contribution in [2.45, 2.75) is 104 Å². The van der Waals surface area contributed by atoms with Crippen molar-refractivity contribution in [2.24, 2.45) is 16.7 Å². The van der Waals surface area contributed by atoms with Gasteiger partial charge >= 0.3 is 6.09 Å². The van der Waals surface area contributed by atoms with Gasteiger partial charge < -0.3 is 15.0 Å². The van der Waals surface area contributed by atoms with Gasteiger partial charge in [-0.3, -0.25) is 9.48 Å². The Labute approximate surface area is 197 Å². The molecule has 33 heavy (non-hydrogen) atoms. The van der Waals surface area contributed by atoms with Crippen LogP contribution in [0.3, 0.4) is 0 Å². The second-order valence-electron chi connectivity index (χ2n) is 11.7. The van der Waals surface area contributed by atoms with Crippen molar-refractivity contribution >= 4 is 12.0 Å². The Morgan fingerprint density at radius 1 is 1.15 bits per heavy atom. The quantitative estimate of drug-likeness (QED) is 0.703. The van der Waals surface area contributed by atoms with Gasteiger partial charge in [0.15, 0.2) is 5.69 Å².